The number of piperidine rings is 1. The first-order chi connectivity index (χ1) is 13.5. The molecule has 0 atom stereocenters. The molecule has 0 aliphatic carbocycles. The molecule has 1 aliphatic rings. The molecule has 7 nitrogen and oxygen atoms in total. The van der Waals surface area contributed by atoms with E-state index >= 15 is 0 Å². The molecule has 1 amide bonds. The van der Waals surface area contributed by atoms with Crippen molar-refractivity contribution in [3.05, 3.63) is 52.0 Å². The zero-order chi connectivity index (χ0) is 19.7. The fraction of sp³-hybridized carbons (Fsp3) is 0.400. The van der Waals surface area contributed by atoms with Crippen LogP contribution in [-0.4, -0.2) is 50.1 Å². The molecule has 0 unspecified atom stereocenters. The summed E-state index contributed by atoms with van der Waals surface area (Å²) in [5, 5.41) is 4.53. The van der Waals surface area contributed by atoms with E-state index in [0.29, 0.717) is 24.0 Å². The molecule has 0 bridgehead atoms. The number of nitrogens with zero attached hydrogens (tertiary/aromatic N) is 5. The van der Waals surface area contributed by atoms with Crippen LogP contribution in [0.5, 0.6) is 5.88 Å². The highest BCUT2D eigenvalue weighted by atomic mass is 79.9. The molecule has 3 aromatic rings. The van der Waals surface area contributed by atoms with Crippen molar-refractivity contribution < 1.29 is 9.53 Å². The summed E-state index contributed by atoms with van der Waals surface area (Å²) in [5.41, 5.74) is 3.44. The minimum absolute atomic E-state index is 0.0336. The van der Waals surface area contributed by atoms with Crippen LogP contribution in [0.4, 0.5) is 0 Å². The number of hydrogen-bond acceptors (Lipinski definition) is 5. The highest BCUT2D eigenvalue weighted by Gasteiger charge is 2.24. The standard InChI is InChI=1S/C20H22BrN5O2/c1-13-14(2)26-18(23-13)3-4-19(24-26)28-12-15-5-7-25(8-6-15)20(27)16-9-17(21)11-22-10-16/h3-4,9-11,15H,5-8,12H2,1-2H3. The lowest BCUT2D eigenvalue weighted by molar-refractivity contribution is 0.0658. The Labute approximate surface area is 171 Å². The first-order valence-corrected chi connectivity index (χ1v) is 10.2. The molecule has 4 rings (SSSR count). The topological polar surface area (TPSA) is 72.6 Å². The predicted octanol–water partition coefficient (Wildman–Crippen LogP) is 3.43. The molecule has 0 spiro atoms. The Balaban J connectivity index is 1.32. The van der Waals surface area contributed by atoms with Gasteiger partial charge in [0.05, 0.1) is 23.6 Å². The molecule has 1 saturated heterocycles. The fourth-order valence-corrected chi connectivity index (χ4v) is 3.80. The Hall–Kier alpha value is -2.48. The van der Waals surface area contributed by atoms with E-state index < -0.39 is 0 Å². The van der Waals surface area contributed by atoms with E-state index in [4.69, 9.17) is 4.74 Å². The van der Waals surface area contributed by atoms with Gasteiger partial charge in [0.2, 0.25) is 5.88 Å². The van der Waals surface area contributed by atoms with Crippen molar-refractivity contribution in [3.8, 4) is 5.88 Å². The van der Waals surface area contributed by atoms with Crippen LogP contribution >= 0.6 is 15.9 Å². The van der Waals surface area contributed by atoms with Gasteiger partial charge >= 0.3 is 0 Å². The molecule has 0 radical (unpaired) electrons. The van der Waals surface area contributed by atoms with Gasteiger partial charge in [0.25, 0.3) is 5.91 Å². The smallest absolute Gasteiger partial charge is 0.255 e. The summed E-state index contributed by atoms with van der Waals surface area (Å²) in [6.07, 6.45) is 5.12. The van der Waals surface area contributed by atoms with Crippen molar-refractivity contribution in [1.29, 1.82) is 0 Å². The van der Waals surface area contributed by atoms with Crippen molar-refractivity contribution in [2.75, 3.05) is 19.7 Å². The molecule has 1 fully saturated rings. The van der Waals surface area contributed by atoms with Crippen molar-refractivity contribution in [1.82, 2.24) is 24.5 Å². The molecule has 146 valence electrons. The van der Waals surface area contributed by atoms with Gasteiger partial charge in [-0.1, -0.05) is 0 Å². The van der Waals surface area contributed by atoms with Crippen LogP contribution in [-0.2, 0) is 0 Å². The third-order valence-electron chi connectivity index (χ3n) is 5.23. The van der Waals surface area contributed by atoms with E-state index in [0.717, 1.165) is 47.4 Å². The van der Waals surface area contributed by atoms with Crippen LogP contribution in [0.2, 0.25) is 0 Å². The largest absolute Gasteiger partial charge is 0.476 e. The van der Waals surface area contributed by atoms with E-state index in [-0.39, 0.29) is 5.91 Å². The van der Waals surface area contributed by atoms with Gasteiger partial charge in [-0.15, -0.1) is 5.10 Å². The number of halogens is 1. The number of likely N-dealkylation sites (tertiary alicyclic amines) is 1. The van der Waals surface area contributed by atoms with Crippen molar-refractivity contribution >= 4 is 27.5 Å². The van der Waals surface area contributed by atoms with Crippen LogP contribution in [0.3, 0.4) is 0 Å². The van der Waals surface area contributed by atoms with Crippen LogP contribution in [0.25, 0.3) is 5.65 Å². The maximum absolute atomic E-state index is 12.6. The molecule has 0 saturated carbocycles. The van der Waals surface area contributed by atoms with E-state index in [9.17, 15) is 4.79 Å². The number of pyridine rings is 1. The van der Waals surface area contributed by atoms with Gasteiger partial charge in [-0.05, 0) is 60.7 Å². The average molecular weight is 444 g/mol. The molecule has 0 aromatic carbocycles. The summed E-state index contributed by atoms with van der Waals surface area (Å²) in [6, 6.07) is 5.60. The van der Waals surface area contributed by atoms with Gasteiger partial charge in [0, 0.05) is 36.0 Å². The Morgan fingerprint density at radius 1 is 1.25 bits per heavy atom. The molecular weight excluding hydrogens is 422 g/mol. The van der Waals surface area contributed by atoms with Gasteiger partial charge in [-0.3, -0.25) is 9.78 Å². The minimum atomic E-state index is 0.0336. The van der Waals surface area contributed by atoms with E-state index in [2.05, 4.69) is 31.0 Å². The highest BCUT2D eigenvalue weighted by molar-refractivity contribution is 9.10. The summed E-state index contributed by atoms with van der Waals surface area (Å²) < 4.78 is 8.57. The number of ether oxygens (including phenoxy) is 1. The van der Waals surface area contributed by atoms with Gasteiger partial charge in [0.15, 0.2) is 5.65 Å². The zero-order valence-corrected chi connectivity index (χ0v) is 17.5. The highest BCUT2D eigenvalue weighted by Crippen LogP contribution is 2.21. The Bertz CT molecular complexity index is 1010. The monoisotopic (exact) mass is 443 g/mol. The number of fused-ring (bicyclic) bond motifs is 1. The Kier molecular flexibility index (Phi) is 5.30. The van der Waals surface area contributed by atoms with Crippen molar-refractivity contribution in [2.45, 2.75) is 26.7 Å². The summed E-state index contributed by atoms with van der Waals surface area (Å²) in [4.78, 5) is 23.0. The minimum Gasteiger partial charge on any atom is -0.476 e. The summed E-state index contributed by atoms with van der Waals surface area (Å²) in [5.74, 6) is 1.05. The number of hydrogen-bond donors (Lipinski definition) is 0. The van der Waals surface area contributed by atoms with Crippen LogP contribution < -0.4 is 4.74 Å². The number of imidazole rings is 1. The lowest BCUT2D eigenvalue weighted by Crippen LogP contribution is -2.39. The van der Waals surface area contributed by atoms with Crippen molar-refractivity contribution in [2.24, 2.45) is 5.92 Å². The normalized spacial score (nSPS) is 15.2. The number of amides is 1. The molecule has 1 aliphatic heterocycles. The van der Waals surface area contributed by atoms with Crippen molar-refractivity contribution in [3.63, 3.8) is 0 Å². The third kappa shape index (κ3) is 3.87. The van der Waals surface area contributed by atoms with E-state index in [1.165, 1.54) is 0 Å². The average Bonchev–Trinajstić information content (AvgIpc) is 3.00. The van der Waals surface area contributed by atoms with Crippen LogP contribution in [0, 0.1) is 19.8 Å². The number of aromatic nitrogens is 4. The maximum atomic E-state index is 12.6. The SMILES string of the molecule is Cc1nc2ccc(OCC3CCN(C(=O)c4cncc(Br)c4)CC3)nn2c1C. The van der Waals surface area contributed by atoms with Gasteiger partial charge in [-0.25, -0.2) is 9.50 Å². The molecule has 4 heterocycles. The molecule has 0 N–H and O–H groups in total. The second kappa shape index (κ2) is 7.87. The van der Waals surface area contributed by atoms with Gasteiger partial charge < -0.3 is 9.64 Å². The maximum Gasteiger partial charge on any atom is 0.255 e. The second-order valence-electron chi connectivity index (χ2n) is 7.16. The van der Waals surface area contributed by atoms with Gasteiger partial charge in [-0.2, -0.15) is 0 Å². The van der Waals surface area contributed by atoms with Crippen LogP contribution in [0.15, 0.2) is 35.1 Å². The second-order valence-corrected chi connectivity index (χ2v) is 8.08. The number of rotatable bonds is 4. The number of carbonyl (C=O) groups is 1. The Morgan fingerprint density at radius 3 is 2.79 bits per heavy atom. The quantitative estimate of drug-likeness (QED) is 0.617. The summed E-state index contributed by atoms with van der Waals surface area (Å²) >= 11 is 3.37. The van der Waals surface area contributed by atoms with E-state index in [1.807, 2.05) is 41.5 Å². The van der Waals surface area contributed by atoms with E-state index in [1.54, 1.807) is 12.4 Å². The third-order valence-corrected chi connectivity index (χ3v) is 5.67. The lowest BCUT2D eigenvalue weighted by Gasteiger charge is -2.31. The van der Waals surface area contributed by atoms with Gasteiger partial charge in [0.1, 0.15) is 0 Å². The Morgan fingerprint density at radius 2 is 2.04 bits per heavy atom. The fourth-order valence-electron chi connectivity index (χ4n) is 3.43. The van der Waals surface area contributed by atoms with Crippen LogP contribution in [0.1, 0.15) is 34.6 Å². The molecular formula is C20H22BrN5O2. The molecule has 28 heavy (non-hydrogen) atoms. The number of aryl methyl sites for hydroxylation is 2. The zero-order valence-electron chi connectivity index (χ0n) is 15.9. The molecule has 3 aromatic heterocycles. The first-order valence-electron chi connectivity index (χ1n) is 9.37. The first kappa shape index (κ1) is 18.9. The molecule has 8 heteroatoms. The predicted molar refractivity (Wildman–Crippen MR) is 109 cm³/mol. The lowest BCUT2D eigenvalue weighted by atomic mass is 9.97. The number of carbonyl (C=O) groups excluding carboxylic acids is 1. The summed E-state index contributed by atoms with van der Waals surface area (Å²) in [6.45, 7) is 6.03. The summed E-state index contributed by atoms with van der Waals surface area (Å²) in [7, 11) is 0.